The second-order valence-corrected chi connectivity index (χ2v) is 5.61. The van der Waals surface area contributed by atoms with Gasteiger partial charge in [-0.3, -0.25) is 0 Å². The van der Waals surface area contributed by atoms with Crippen LogP contribution in [0, 0.1) is 18.3 Å². The molecule has 0 aliphatic heterocycles. The fraction of sp³-hybridized carbons (Fsp3) is 0.556. The summed E-state index contributed by atoms with van der Waals surface area (Å²) in [4.78, 5) is 2.38. The summed E-state index contributed by atoms with van der Waals surface area (Å²) in [6.45, 7) is 7.19. The van der Waals surface area contributed by atoms with E-state index in [1.54, 1.807) is 0 Å². The van der Waals surface area contributed by atoms with Crippen molar-refractivity contribution in [2.24, 2.45) is 5.92 Å². The highest BCUT2D eigenvalue weighted by Crippen LogP contribution is 2.34. The van der Waals surface area contributed by atoms with E-state index in [0.717, 1.165) is 25.4 Å². The van der Waals surface area contributed by atoms with Gasteiger partial charge in [-0.1, -0.05) is 38.0 Å². The molecule has 0 bridgehead atoms. The molecule has 2 heteroatoms. The van der Waals surface area contributed by atoms with Crippen molar-refractivity contribution >= 4 is 5.69 Å². The molecule has 1 aromatic carbocycles. The fourth-order valence-electron chi connectivity index (χ4n) is 2.76. The number of benzene rings is 1. The van der Waals surface area contributed by atoms with Crippen LogP contribution in [0.5, 0.6) is 0 Å². The van der Waals surface area contributed by atoms with E-state index in [9.17, 15) is 0 Å². The maximum atomic E-state index is 5.57. The molecule has 108 valence electrons. The molecule has 1 unspecified atom stereocenters. The number of nitrogens with one attached hydrogen (secondary N) is 1. The van der Waals surface area contributed by atoms with Crippen molar-refractivity contribution < 1.29 is 0 Å². The van der Waals surface area contributed by atoms with Gasteiger partial charge in [0.25, 0.3) is 0 Å². The first-order valence-corrected chi connectivity index (χ1v) is 7.80. The third kappa shape index (κ3) is 3.77. The van der Waals surface area contributed by atoms with Gasteiger partial charge in [0.1, 0.15) is 0 Å². The van der Waals surface area contributed by atoms with Crippen molar-refractivity contribution in [1.82, 2.24) is 5.32 Å². The van der Waals surface area contributed by atoms with Gasteiger partial charge in [0, 0.05) is 18.3 Å². The Hall–Kier alpha value is -1.46. The van der Waals surface area contributed by atoms with Crippen LogP contribution in [0.3, 0.4) is 0 Å². The zero-order chi connectivity index (χ0) is 14.4. The van der Waals surface area contributed by atoms with E-state index >= 15 is 0 Å². The van der Waals surface area contributed by atoms with Crippen LogP contribution < -0.4 is 10.2 Å². The van der Waals surface area contributed by atoms with Crippen molar-refractivity contribution in [3.05, 3.63) is 29.8 Å². The number of hydrogen-bond donors (Lipinski definition) is 1. The van der Waals surface area contributed by atoms with Gasteiger partial charge in [0.15, 0.2) is 0 Å². The molecule has 1 aliphatic carbocycles. The number of terminal acetylenes is 1. The number of nitrogens with zero attached hydrogens (tertiary/aromatic N) is 1. The number of anilines is 1. The first kappa shape index (κ1) is 14.9. The summed E-state index contributed by atoms with van der Waals surface area (Å²) in [6.07, 6.45) is 9.38. The Morgan fingerprint density at radius 1 is 1.35 bits per heavy atom. The normalized spacial score (nSPS) is 15.7. The molecule has 1 fully saturated rings. The first-order chi connectivity index (χ1) is 9.80. The topological polar surface area (TPSA) is 15.3 Å². The summed E-state index contributed by atoms with van der Waals surface area (Å²) in [5, 5.41) is 3.58. The lowest BCUT2D eigenvalue weighted by atomic mass is 10.0. The zero-order valence-electron chi connectivity index (χ0n) is 12.7. The molecule has 20 heavy (non-hydrogen) atoms. The van der Waals surface area contributed by atoms with Crippen LogP contribution >= 0.6 is 0 Å². The maximum Gasteiger partial charge on any atom is 0.0791 e. The lowest BCUT2D eigenvalue weighted by Crippen LogP contribution is -2.29. The summed E-state index contributed by atoms with van der Waals surface area (Å²) >= 11 is 0. The minimum Gasteiger partial charge on any atom is -0.360 e. The highest BCUT2D eigenvalue weighted by molar-refractivity contribution is 5.56. The molecule has 1 N–H and O–H groups in total. The third-order valence-electron chi connectivity index (χ3n) is 3.97. The Morgan fingerprint density at radius 3 is 2.70 bits per heavy atom. The van der Waals surface area contributed by atoms with Gasteiger partial charge < -0.3 is 10.2 Å². The molecule has 0 radical (unpaired) electrons. The predicted octanol–water partition coefficient (Wildman–Crippen LogP) is 3.60. The molecule has 0 saturated heterocycles. The highest BCUT2D eigenvalue weighted by atomic mass is 15.1. The quantitative estimate of drug-likeness (QED) is 0.726. The minimum atomic E-state index is 0.413. The Kier molecular flexibility index (Phi) is 5.49. The zero-order valence-corrected chi connectivity index (χ0v) is 12.7. The summed E-state index contributed by atoms with van der Waals surface area (Å²) in [7, 11) is 0. The summed E-state index contributed by atoms with van der Waals surface area (Å²) < 4.78 is 0. The van der Waals surface area contributed by atoms with Crippen molar-refractivity contribution in [2.75, 3.05) is 24.5 Å². The first-order valence-electron chi connectivity index (χ1n) is 7.80. The van der Waals surface area contributed by atoms with E-state index in [4.69, 9.17) is 6.42 Å². The van der Waals surface area contributed by atoms with E-state index in [1.807, 2.05) is 0 Å². The lowest BCUT2D eigenvalue weighted by molar-refractivity contribution is 0.536. The molecule has 1 aromatic rings. The van der Waals surface area contributed by atoms with Crippen LogP contribution in [-0.2, 0) is 0 Å². The van der Waals surface area contributed by atoms with Crippen LogP contribution in [-0.4, -0.2) is 19.6 Å². The Morgan fingerprint density at radius 2 is 2.10 bits per heavy atom. The molecule has 2 rings (SSSR count). The van der Waals surface area contributed by atoms with Crippen LogP contribution in [0.1, 0.15) is 44.7 Å². The Bertz CT molecular complexity index is 457. The molecule has 1 saturated carbocycles. The van der Waals surface area contributed by atoms with Gasteiger partial charge in [0.2, 0.25) is 0 Å². The number of para-hydroxylation sites is 1. The fourth-order valence-corrected chi connectivity index (χ4v) is 2.76. The van der Waals surface area contributed by atoms with Crippen molar-refractivity contribution in [1.29, 1.82) is 0 Å². The second-order valence-electron chi connectivity index (χ2n) is 5.61. The SMILES string of the molecule is C#CCN(CC1CC1)c1ccccc1C(CC)NCC. The van der Waals surface area contributed by atoms with E-state index in [1.165, 1.54) is 24.1 Å². The molecule has 0 heterocycles. The summed E-state index contributed by atoms with van der Waals surface area (Å²) in [5.74, 6) is 3.66. The maximum absolute atomic E-state index is 5.57. The van der Waals surface area contributed by atoms with Gasteiger partial charge >= 0.3 is 0 Å². The van der Waals surface area contributed by atoms with Gasteiger partial charge in [-0.05, 0) is 43.4 Å². The van der Waals surface area contributed by atoms with Crippen molar-refractivity contribution in [3.8, 4) is 12.3 Å². The van der Waals surface area contributed by atoms with Crippen LogP contribution in [0.15, 0.2) is 24.3 Å². The minimum absolute atomic E-state index is 0.413. The summed E-state index contributed by atoms with van der Waals surface area (Å²) in [5.41, 5.74) is 2.69. The van der Waals surface area contributed by atoms with E-state index in [2.05, 4.69) is 54.3 Å². The molecule has 1 atom stereocenters. The second kappa shape index (κ2) is 7.36. The van der Waals surface area contributed by atoms with Crippen molar-refractivity contribution in [2.45, 2.75) is 39.2 Å². The summed E-state index contributed by atoms with van der Waals surface area (Å²) in [6, 6.07) is 9.12. The van der Waals surface area contributed by atoms with Crippen molar-refractivity contribution in [3.63, 3.8) is 0 Å². The van der Waals surface area contributed by atoms with Crippen LogP contribution in [0.25, 0.3) is 0 Å². The number of hydrogen-bond acceptors (Lipinski definition) is 2. The van der Waals surface area contributed by atoms with Gasteiger partial charge in [-0.2, -0.15) is 0 Å². The Labute approximate surface area is 123 Å². The molecule has 0 spiro atoms. The Balaban J connectivity index is 2.25. The monoisotopic (exact) mass is 270 g/mol. The van der Waals surface area contributed by atoms with E-state index in [-0.39, 0.29) is 0 Å². The van der Waals surface area contributed by atoms with Gasteiger partial charge in [-0.15, -0.1) is 6.42 Å². The molecule has 1 aliphatic rings. The smallest absolute Gasteiger partial charge is 0.0791 e. The predicted molar refractivity (Wildman–Crippen MR) is 86.9 cm³/mol. The average Bonchev–Trinajstić information content (AvgIpc) is 3.28. The van der Waals surface area contributed by atoms with Crippen LogP contribution in [0.4, 0.5) is 5.69 Å². The highest BCUT2D eigenvalue weighted by Gasteiger charge is 2.25. The largest absolute Gasteiger partial charge is 0.360 e. The molecule has 2 nitrogen and oxygen atoms in total. The van der Waals surface area contributed by atoms with E-state index < -0.39 is 0 Å². The molecule has 0 amide bonds. The van der Waals surface area contributed by atoms with E-state index in [0.29, 0.717) is 12.6 Å². The van der Waals surface area contributed by atoms with Gasteiger partial charge in [0.05, 0.1) is 6.54 Å². The van der Waals surface area contributed by atoms with Crippen LogP contribution in [0.2, 0.25) is 0 Å². The molecule has 0 aromatic heterocycles. The average molecular weight is 270 g/mol. The lowest BCUT2D eigenvalue weighted by Gasteiger charge is -2.28. The number of rotatable bonds is 8. The molecular weight excluding hydrogens is 244 g/mol. The van der Waals surface area contributed by atoms with Gasteiger partial charge in [-0.25, -0.2) is 0 Å². The third-order valence-corrected chi connectivity index (χ3v) is 3.97. The standard InChI is InChI=1S/C18H26N2/c1-4-13-20(14-15-11-12-15)18-10-8-7-9-16(18)17(5-2)19-6-3/h1,7-10,15,17,19H,5-6,11-14H2,2-3H3. The molecular formula is C18H26N2.